The predicted molar refractivity (Wildman–Crippen MR) is 90.7 cm³/mol. The van der Waals surface area contributed by atoms with E-state index in [9.17, 15) is 13.2 Å². The number of sulfonamides is 1. The zero-order chi connectivity index (χ0) is 17.2. The number of hydrogen-bond donors (Lipinski definition) is 2. The lowest BCUT2D eigenvalue weighted by atomic mass is 10.2. The number of carbonyl (C=O) groups excluding carboxylic acids is 1. The molecule has 2 aromatic rings. The number of amides is 1. The summed E-state index contributed by atoms with van der Waals surface area (Å²) in [7, 11) is -2.02. The molecule has 0 aromatic heterocycles. The molecule has 0 atom stereocenters. The minimum absolute atomic E-state index is 0.0202. The molecular formula is C17H18N2O4S. The molecule has 0 unspecified atom stereocenters. The molecule has 126 valence electrons. The molecule has 0 bridgehead atoms. The smallest absolute Gasteiger partial charge is 0.255 e. The fourth-order valence-corrected chi connectivity index (χ4v) is 3.52. The van der Waals surface area contributed by atoms with Crippen LogP contribution in [0.4, 0.5) is 5.69 Å². The lowest BCUT2D eigenvalue weighted by Crippen LogP contribution is -2.26. The van der Waals surface area contributed by atoms with Gasteiger partial charge in [-0.1, -0.05) is 6.07 Å². The minimum atomic E-state index is -3.58. The average Bonchev–Trinajstić information content (AvgIpc) is 3.39. The van der Waals surface area contributed by atoms with E-state index in [2.05, 4.69) is 10.0 Å². The summed E-state index contributed by atoms with van der Waals surface area (Å²) < 4.78 is 32.1. The van der Waals surface area contributed by atoms with Crippen molar-refractivity contribution in [1.82, 2.24) is 4.72 Å². The molecule has 24 heavy (non-hydrogen) atoms. The largest absolute Gasteiger partial charge is 0.497 e. The van der Waals surface area contributed by atoms with Crippen molar-refractivity contribution < 1.29 is 17.9 Å². The van der Waals surface area contributed by atoms with Gasteiger partial charge in [-0.05, 0) is 55.3 Å². The van der Waals surface area contributed by atoms with Gasteiger partial charge in [-0.15, -0.1) is 0 Å². The summed E-state index contributed by atoms with van der Waals surface area (Å²) in [6.45, 7) is 0. The minimum Gasteiger partial charge on any atom is -0.497 e. The number of hydrogen-bond acceptors (Lipinski definition) is 4. The lowest BCUT2D eigenvalue weighted by molar-refractivity contribution is 0.102. The van der Waals surface area contributed by atoms with Gasteiger partial charge in [0.2, 0.25) is 10.0 Å². The van der Waals surface area contributed by atoms with Crippen molar-refractivity contribution in [2.24, 2.45) is 0 Å². The Morgan fingerprint density at radius 1 is 1.12 bits per heavy atom. The van der Waals surface area contributed by atoms with E-state index in [1.165, 1.54) is 12.1 Å². The number of rotatable bonds is 6. The Labute approximate surface area is 140 Å². The number of ether oxygens (including phenoxy) is 1. The van der Waals surface area contributed by atoms with Crippen LogP contribution in [-0.2, 0) is 10.0 Å². The second-order valence-electron chi connectivity index (χ2n) is 5.61. The van der Waals surface area contributed by atoms with E-state index in [1.807, 2.05) is 0 Å². The van der Waals surface area contributed by atoms with Crippen LogP contribution in [0.1, 0.15) is 23.2 Å². The molecule has 1 aliphatic carbocycles. The maximum atomic E-state index is 12.3. The number of nitrogens with one attached hydrogen (secondary N) is 2. The highest BCUT2D eigenvalue weighted by Gasteiger charge is 2.28. The van der Waals surface area contributed by atoms with Crippen molar-refractivity contribution >= 4 is 21.6 Å². The monoisotopic (exact) mass is 346 g/mol. The molecule has 1 saturated carbocycles. The quantitative estimate of drug-likeness (QED) is 0.841. The van der Waals surface area contributed by atoms with E-state index in [0.29, 0.717) is 11.4 Å². The number of benzene rings is 2. The van der Waals surface area contributed by atoms with E-state index in [4.69, 9.17) is 4.74 Å². The topological polar surface area (TPSA) is 84.5 Å². The number of anilines is 1. The fraction of sp³-hybridized carbons (Fsp3) is 0.235. The van der Waals surface area contributed by atoms with Crippen LogP contribution in [0.25, 0.3) is 0 Å². The summed E-state index contributed by atoms with van der Waals surface area (Å²) in [5, 5.41) is 2.73. The van der Waals surface area contributed by atoms with Crippen molar-refractivity contribution in [1.29, 1.82) is 0 Å². The second kappa shape index (κ2) is 6.62. The van der Waals surface area contributed by atoms with Gasteiger partial charge in [0.25, 0.3) is 5.91 Å². The van der Waals surface area contributed by atoms with Gasteiger partial charge >= 0.3 is 0 Å². The van der Waals surface area contributed by atoms with E-state index in [-0.39, 0.29) is 22.4 Å². The SMILES string of the molecule is COc1ccc(NC(=O)c2cccc(S(=O)(=O)NC3CC3)c2)cc1. The molecule has 0 heterocycles. The molecular weight excluding hydrogens is 328 g/mol. The molecule has 2 N–H and O–H groups in total. The van der Waals surface area contributed by atoms with Crippen LogP contribution in [0.15, 0.2) is 53.4 Å². The number of carbonyl (C=O) groups is 1. The lowest BCUT2D eigenvalue weighted by Gasteiger charge is -2.09. The molecule has 0 radical (unpaired) electrons. The van der Waals surface area contributed by atoms with Crippen molar-refractivity contribution in [2.45, 2.75) is 23.8 Å². The first-order chi connectivity index (χ1) is 11.5. The predicted octanol–water partition coefficient (Wildman–Crippen LogP) is 2.39. The summed E-state index contributed by atoms with van der Waals surface area (Å²) >= 11 is 0. The summed E-state index contributed by atoms with van der Waals surface area (Å²) in [4.78, 5) is 12.4. The van der Waals surface area contributed by atoms with Crippen LogP contribution >= 0.6 is 0 Å². The summed E-state index contributed by atoms with van der Waals surface area (Å²) in [6, 6.07) is 12.9. The molecule has 0 saturated heterocycles. The average molecular weight is 346 g/mol. The van der Waals surface area contributed by atoms with Crippen LogP contribution in [0.3, 0.4) is 0 Å². The fourth-order valence-electron chi connectivity index (χ4n) is 2.17. The Bertz CT molecular complexity index is 843. The van der Waals surface area contributed by atoms with Crippen LogP contribution in [0.5, 0.6) is 5.75 Å². The summed E-state index contributed by atoms with van der Waals surface area (Å²) in [6.07, 6.45) is 1.72. The first kappa shape index (κ1) is 16.5. The third-order valence-electron chi connectivity index (χ3n) is 3.65. The summed E-state index contributed by atoms with van der Waals surface area (Å²) in [5.74, 6) is 0.316. The highest BCUT2D eigenvalue weighted by atomic mass is 32.2. The Morgan fingerprint density at radius 2 is 1.83 bits per heavy atom. The van der Waals surface area contributed by atoms with Gasteiger partial charge in [-0.3, -0.25) is 4.79 Å². The highest BCUT2D eigenvalue weighted by Crippen LogP contribution is 2.23. The van der Waals surface area contributed by atoms with Crippen LogP contribution in [0.2, 0.25) is 0 Å². The number of methoxy groups -OCH3 is 1. The molecule has 1 fully saturated rings. The van der Waals surface area contributed by atoms with Crippen LogP contribution < -0.4 is 14.8 Å². The van der Waals surface area contributed by atoms with Gasteiger partial charge < -0.3 is 10.1 Å². The van der Waals surface area contributed by atoms with Gasteiger partial charge in [-0.25, -0.2) is 13.1 Å². The van der Waals surface area contributed by atoms with Crippen molar-refractivity contribution in [3.05, 3.63) is 54.1 Å². The molecule has 6 nitrogen and oxygen atoms in total. The molecule has 0 spiro atoms. The molecule has 1 amide bonds. The Kier molecular flexibility index (Phi) is 4.55. The first-order valence-electron chi connectivity index (χ1n) is 7.56. The normalized spacial score (nSPS) is 14.2. The zero-order valence-corrected chi connectivity index (χ0v) is 14.0. The molecule has 2 aromatic carbocycles. The van der Waals surface area contributed by atoms with Crippen molar-refractivity contribution in [2.75, 3.05) is 12.4 Å². The van der Waals surface area contributed by atoms with Gasteiger partial charge in [0.05, 0.1) is 12.0 Å². The third-order valence-corrected chi connectivity index (χ3v) is 5.17. The van der Waals surface area contributed by atoms with Gasteiger partial charge in [0.1, 0.15) is 5.75 Å². The zero-order valence-electron chi connectivity index (χ0n) is 13.2. The molecule has 0 aliphatic heterocycles. The van der Waals surface area contributed by atoms with Crippen molar-refractivity contribution in [3.8, 4) is 5.75 Å². The Morgan fingerprint density at radius 3 is 2.46 bits per heavy atom. The molecule has 7 heteroatoms. The Hall–Kier alpha value is -2.38. The second-order valence-corrected chi connectivity index (χ2v) is 7.32. The van der Waals surface area contributed by atoms with Gasteiger partial charge in [-0.2, -0.15) is 0 Å². The molecule has 3 rings (SSSR count). The maximum Gasteiger partial charge on any atom is 0.255 e. The maximum absolute atomic E-state index is 12.3. The first-order valence-corrected chi connectivity index (χ1v) is 9.04. The van der Waals surface area contributed by atoms with E-state index < -0.39 is 10.0 Å². The van der Waals surface area contributed by atoms with E-state index >= 15 is 0 Å². The third kappa shape index (κ3) is 3.93. The Balaban J connectivity index is 1.76. The molecule has 1 aliphatic rings. The highest BCUT2D eigenvalue weighted by molar-refractivity contribution is 7.89. The van der Waals surface area contributed by atoms with Gasteiger partial charge in [0.15, 0.2) is 0 Å². The van der Waals surface area contributed by atoms with Crippen LogP contribution in [0, 0.1) is 0 Å². The van der Waals surface area contributed by atoms with E-state index in [0.717, 1.165) is 12.8 Å². The van der Waals surface area contributed by atoms with Gasteiger partial charge in [0, 0.05) is 17.3 Å². The standard InChI is InChI=1S/C17H18N2O4S/c1-23-15-9-7-13(8-10-15)18-17(20)12-3-2-4-16(11-12)24(21,22)19-14-5-6-14/h2-4,7-11,14,19H,5-6H2,1H3,(H,18,20). The van der Waals surface area contributed by atoms with Crippen molar-refractivity contribution in [3.63, 3.8) is 0 Å². The van der Waals surface area contributed by atoms with E-state index in [1.54, 1.807) is 43.5 Å². The summed E-state index contributed by atoms with van der Waals surface area (Å²) in [5.41, 5.74) is 0.884. The van der Waals surface area contributed by atoms with Crippen LogP contribution in [-0.4, -0.2) is 27.5 Å².